The zero-order valence-corrected chi connectivity index (χ0v) is 12.2. The van der Waals surface area contributed by atoms with Gasteiger partial charge in [-0.2, -0.15) is 0 Å². The molecule has 0 amide bonds. The van der Waals surface area contributed by atoms with Crippen LogP contribution in [0.2, 0.25) is 0 Å². The smallest absolute Gasteiger partial charge is 0.0888 e. The van der Waals surface area contributed by atoms with Crippen LogP contribution in [0.25, 0.3) is 0 Å². The van der Waals surface area contributed by atoms with Gasteiger partial charge in [0, 0.05) is 24.3 Å². The molecule has 0 unspecified atom stereocenters. The van der Waals surface area contributed by atoms with Crippen molar-refractivity contribution < 1.29 is 9.47 Å². The number of piperidine rings is 1. The second-order valence-corrected chi connectivity index (χ2v) is 6.05. The third kappa shape index (κ3) is 3.03. The summed E-state index contributed by atoms with van der Waals surface area (Å²) in [4.78, 5) is 4.49. The Labute approximate surface area is 120 Å². The van der Waals surface area contributed by atoms with Gasteiger partial charge in [0.05, 0.1) is 25.0 Å². The highest BCUT2D eigenvalue weighted by Crippen LogP contribution is 2.38. The van der Waals surface area contributed by atoms with Gasteiger partial charge in [-0.15, -0.1) is 0 Å². The van der Waals surface area contributed by atoms with E-state index in [0.29, 0.717) is 12.7 Å². The molecule has 0 saturated carbocycles. The summed E-state index contributed by atoms with van der Waals surface area (Å²) in [6.45, 7) is 6.35. The van der Waals surface area contributed by atoms with Crippen LogP contribution in [-0.2, 0) is 16.1 Å². The van der Waals surface area contributed by atoms with E-state index in [-0.39, 0.29) is 5.41 Å². The van der Waals surface area contributed by atoms with Gasteiger partial charge in [0.1, 0.15) is 0 Å². The van der Waals surface area contributed by atoms with E-state index in [2.05, 4.69) is 10.3 Å². The van der Waals surface area contributed by atoms with Crippen molar-refractivity contribution in [1.29, 1.82) is 0 Å². The molecule has 0 aliphatic carbocycles. The Balaban J connectivity index is 1.58. The maximum Gasteiger partial charge on any atom is 0.0888 e. The summed E-state index contributed by atoms with van der Waals surface area (Å²) in [6.07, 6.45) is 3.81. The number of ether oxygens (including phenoxy) is 2. The molecule has 4 nitrogen and oxygen atoms in total. The number of rotatable bonds is 4. The maximum atomic E-state index is 5.99. The SMILES string of the molecule is Cc1cccc(COC[C@]23CCCO[C@@H]2CCNC3)n1. The second-order valence-electron chi connectivity index (χ2n) is 6.05. The van der Waals surface area contributed by atoms with Gasteiger partial charge in [0.2, 0.25) is 0 Å². The lowest BCUT2D eigenvalue weighted by molar-refractivity contribution is -0.132. The minimum absolute atomic E-state index is 0.167. The van der Waals surface area contributed by atoms with Crippen LogP contribution in [0.1, 0.15) is 30.7 Å². The van der Waals surface area contributed by atoms with Gasteiger partial charge in [0.25, 0.3) is 0 Å². The fourth-order valence-corrected chi connectivity index (χ4v) is 3.40. The Morgan fingerprint density at radius 1 is 1.50 bits per heavy atom. The minimum Gasteiger partial charge on any atom is -0.377 e. The third-order valence-electron chi connectivity index (χ3n) is 4.47. The molecule has 0 bridgehead atoms. The molecule has 1 aromatic rings. The summed E-state index contributed by atoms with van der Waals surface area (Å²) in [6, 6.07) is 6.07. The Morgan fingerprint density at radius 3 is 3.35 bits per heavy atom. The van der Waals surface area contributed by atoms with E-state index in [1.165, 1.54) is 6.42 Å². The molecule has 0 spiro atoms. The quantitative estimate of drug-likeness (QED) is 0.914. The van der Waals surface area contributed by atoms with Crippen LogP contribution in [0.3, 0.4) is 0 Å². The van der Waals surface area contributed by atoms with E-state index in [1.807, 2.05) is 25.1 Å². The van der Waals surface area contributed by atoms with Gasteiger partial charge in [-0.3, -0.25) is 4.98 Å². The number of hydrogen-bond donors (Lipinski definition) is 1. The maximum absolute atomic E-state index is 5.99. The monoisotopic (exact) mass is 276 g/mol. The van der Waals surface area contributed by atoms with Gasteiger partial charge in [-0.25, -0.2) is 0 Å². The first-order chi connectivity index (χ1) is 9.78. The van der Waals surface area contributed by atoms with Crippen molar-refractivity contribution in [1.82, 2.24) is 10.3 Å². The van der Waals surface area contributed by atoms with Crippen molar-refractivity contribution in [3.63, 3.8) is 0 Å². The van der Waals surface area contributed by atoms with E-state index < -0.39 is 0 Å². The summed E-state index contributed by atoms with van der Waals surface area (Å²) in [5.41, 5.74) is 2.22. The predicted octanol–water partition coefficient (Wildman–Crippen LogP) is 2.07. The number of aromatic nitrogens is 1. The first kappa shape index (κ1) is 14.0. The molecular weight excluding hydrogens is 252 g/mol. The number of pyridine rings is 1. The average molecular weight is 276 g/mol. The zero-order valence-electron chi connectivity index (χ0n) is 12.2. The highest BCUT2D eigenvalue weighted by molar-refractivity contribution is 5.09. The summed E-state index contributed by atoms with van der Waals surface area (Å²) < 4.78 is 12.0. The molecule has 2 saturated heterocycles. The Bertz CT molecular complexity index is 438. The first-order valence-corrected chi connectivity index (χ1v) is 7.61. The normalized spacial score (nSPS) is 29.9. The summed E-state index contributed by atoms with van der Waals surface area (Å²) in [5, 5.41) is 3.51. The van der Waals surface area contributed by atoms with Crippen LogP contribution in [0.4, 0.5) is 0 Å². The van der Waals surface area contributed by atoms with Crippen LogP contribution in [-0.4, -0.2) is 37.4 Å². The molecule has 1 aromatic heterocycles. The predicted molar refractivity (Wildman–Crippen MR) is 77.5 cm³/mol. The zero-order chi connectivity index (χ0) is 13.8. The van der Waals surface area contributed by atoms with Crippen LogP contribution < -0.4 is 5.32 Å². The lowest BCUT2D eigenvalue weighted by atomic mass is 9.73. The van der Waals surface area contributed by atoms with E-state index in [1.54, 1.807) is 0 Å². The van der Waals surface area contributed by atoms with Gasteiger partial charge < -0.3 is 14.8 Å². The van der Waals surface area contributed by atoms with Crippen molar-refractivity contribution in [3.8, 4) is 0 Å². The van der Waals surface area contributed by atoms with Gasteiger partial charge >= 0.3 is 0 Å². The fourth-order valence-electron chi connectivity index (χ4n) is 3.40. The number of fused-ring (bicyclic) bond motifs is 1. The van der Waals surface area contributed by atoms with Crippen molar-refractivity contribution >= 4 is 0 Å². The molecule has 2 aliphatic rings. The molecule has 2 fully saturated rings. The third-order valence-corrected chi connectivity index (χ3v) is 4.47. The summed E-state index contributed by atoms with van der Waals surface area (Å²) in [5.74, 6) is 0. The second kappa shape index (κ2) is 6.20. The molecule has 3 rings (SSSR count). The summed E-state index contributed by atoms with van der Waals surface area (Å²) >= 11 is 0. The minimum atomic E-state index is 0.167. The number of nitrogens with one attached hydrogen (secondary N) is 1. The van der Waals surface area contributed by atoms with E-state index >= 15 is 0 Å². The number of nitrogens with zero attached hydrogens (tertiary/aromatic N) is 1. The van der Waals surface area contributed by atoms with Crippen LogP contribution in [0, 0.1) is 12.3 Å². The van der Waals surface area contributed by atoms with Crippen LogP contribution in [0.5, 0.6) is 0 Å². The topological polar surface area (TPSA) is 43.4 Å². The first-order valence-electron chi connectivity index (χ1n) is 7.61. The Morgan fingerprint density at radius 2 is 2.45 bits per heavy atom. The molecule has 4 heteroatoms. The molecule has 3 heterocycles. The van der Waals surface area contributed by atoms with Crippen molar-refractivity contribution in [2.75, 3.05) is 26.3 Å². The Hall–Kier alpha value is -0.970. The highest BCUT2D eigenvalue weighted by atomic mass is 16.5. The molecular formula is C16H24N2O2. The Kier molecular flexibility index (Phi) is 4.34. The molecule has 2 aliphatic heterocycles. The van der Waals surface area contributed by atoms with Gasteiger partial charge in [-0.1, -0.05) is 6.07 Å². The van der Waals surface area contributed by atoms with Crippen molar-refractivity contribution in [2.45, 2.75) is 38.9 Å². The molecule has 0 radical (unpaired) electrons. The standard InChI is InChI=1S/C16H24N2O2/c1-13-4-2-5-14(18-13)10-19-12-16-7-3-9-20-15(16)6-8-17-11-16/h2,4-5,15,17H,3,6-12H2,1H3/t15-,16-/m1/s1. The molecule has 1 N–H and O–H groups in total. The number of hydrogen-bond acceptors (Lipinski definition) is 4. The van der Waals surface area contributed by atoms with Crippen LogP contribution in [0.15, 0.2) is 18.2 Å². The van der Waals surface area contributed by atoms with E-state index in [4.69, 9.17) is 9.47 Å². The lowest BCUT2D eigenvalue weighted by Crippen LogP contribution is -2.55. The molecule has 0 aromatic carbocycles. The average Bonchev–Trinajstić information content (AvgIpc) is 2.47. The van der Waals surface area contributed by atoms with E-state index in [9.17, 15) is 0 Å². The fraction of sp³-hybridized carbons (Fsp3) is 0.688. The van der Waals surface area contributed by atoms with Gasteiger partial charge in [0.15, 0.2) is 0 Å². The molecule has 2 atom stereocenters. The van der Waals surface area contributed by atoms with Crippen molar-refractivity contribution in [3.05, 3.63) is 29.6 Å². The molecule has 20 heavy (non-hydrogen) atoms. The number of aryl methyl sites for hydroxylation is 1. The van der Waals surface area contributed by atoms with Gasteiger partial charge in [-0.05, 0) is 44.9 Å². The largest absolute Gasteiger partial charge is 0.377 e. The highest BCUT2D eigenvalue weighted by Gasteiger charge is 2.43. The lowest BCUT2D eigenvalue weighted by Gasteiger charge is -2.47. The van der Waals surface area contributed by atoms with Crippen molar-refractivity contribution in [2.24, 2.45) is 5.41 Å². The summed E-state index contributed by atoms with van der Waals surface area (Å²) in [7, 11) is 0. The van der Waals surface area contributed by atoms with E-state index in [0.717, 1.165) is 50.5 Å². The molecule has 110 valence electrons. The van der Waals surface area contributed by atoms with Crippen LogP contribution >= 0.6 is 0 Å².